The van der Waals surface area contributed by atoms with Crippen LogP contribution in [0.5, 0.6) is 0 Å². The average Bonchev–Trinajstić information content (AvgIpc) is 2.34. The van der Waals surface area contributed by atoms with Crippen LogP contribution >= 0.6 is 0 Å². The third kappa shape index (κ3) is 2.25. The molecular weight excluding hydrogens is 158 g/mol. The third-order valence-electron chi connectivity index (χ3n) is 3.93. The van der Waals surface area contributed by atoms with Crippen molar-refractivity contribution in [2.75, 3.05) is 19.6 Å². The molecule has 0 aromatic heterocycles. The van der Waals surface area contributed by atoms with Gasteiger partial charge in [0.15, 0.2) is 0 Å². The van der Waals surface area contributed by atoms with Gasteiger partial charge in [-0.1, -0.05) is 13.8 Å². The highest BCUT2D eigenvalue weighted by Gasteiger charge is 2.29. The Morgan fingerprint density at radius 2 is 1.62 bits per heavy atom. The van der Waals surface area contributed by atoms with Gasteiger partial charge >= 0.3 is 0 Å². The summed E-state index contributed by atoms with van der Waals surface area (Å²) in [5, 5.41) is 0. The summed E-state index contributed by atoms with van der Waals surface area (Å²) in [4.78, 5) is 2.67. The van der Waals surface area contributed by atoms with Gasteiger partial charge < -0.3 is 4.90 Å². The second-order valence-electron chi connectivity index (χ2n) is 5.24. The van der Waals surface area contributed by atoms with Crippen molar-refractivity contribution in [2.45, 2.75) is 39.5 Å². The first kappa shape index (κ1) is 9.51. The monoisotopic (exact) mass is 181 g/mol. The summed E-state index contributed by atoms with van der Waals surface area (Å²) in [6.07, 6.45) is 6.00. The van der Waals surface area contributed by atoms with E-state index in [2.05, 4.69) is 18.7 Å². The minimum absolute atomic E-state index is 0.997. The van der Waals surface area contributed by atoms with Gasteiger partial charge in [-0.15, -0.1) is 0 Å². The molecule has 2 aliphatic rings. The Kier molecular flexibility index (Phi) is 2.92. The standard InChI is InChI=1S/C12H23N/c1-3-13-8-11-4-5-12(9-13)7-10(2)6-11/h10-12H,3-9H2,1-2H3. The SMILES string of the molecule is CCN1CC2CCC(CC(C)C2)C1. The summed E-state index contributed by atoms with van der Waals surface area (Å²) in [6, 6.07) is 0. The quantitative estimate of drug-likeness (QED) is 0.601. The second kappa shape index (κ2) is 4.00. The maximum Gasteiger partial charge on any atom is 0.000976 e. The van der Waals surface area contributed by atoms with E-state index >= 15 is 0 Å². The Morgan fingerprint density at radius 1 is 1.08 bits per heavy atom. The fourth-order valence-electron chi connectivity index (χ4n) is 3.34. The van der Waals surface area contributed by atoms with E-state index in [9.17, 15) is 0 Å². The first-order valence-corrected chi connectivity index (χ1v) is 6.00. The Labute approximate surface area is 82.5 Å². The first-order chi connectivity index (χ1) is 6.28. The van der Waals surface area contributed by atoms with Crippen LogP contribution in [-0.4, -0.2) is 24.5 Å². The third-order valence-corrected chi connectivity index (χ3v) is 3.93. The molecule has 1 aliphatic heterocycles. The van der Waals surface area contributed by atoms with Crippen LogP contribution in [-0.2, 0) is 0 Å². The van der Waals surface area contributed by atoms with Gasteiger partial charge in [0.2, 0.25) is 0 Å². The minimum atomic E-state index is 0.997. The van der Waals surface area contributed by atoms with Crippen molar-refractivity contribution in [3.05, 3.63) is 0 Å². The molecule has 2 fully saturated rings. The van der Waals surface area contributed by atoms with Gasteiger partial charge in [0.25, 0.3) is 0 Å². The van der Waals surface area contributed by atoms with Gasteiger partial charge in [-0.25, -0.2) is 0 Å². The molecule has 76 valence electrons. The fourth-order valence-corrected chi connectivity index (χ4v) is 3.34. The molecule has 0 aromatic rings. The second-order valence-corrected chi connectivity index (χ2v) is 5.24. The number of fused-ring (bicyclic) bond motifs is 3. The molecule has 0 amide bonds. The van der Waals surface area contributed by atoms with E-state index in [-0.39, 0.29) is 0 Å². The van der Waals surface area contributed by atoms with Crippen LogP contribution < -0.4 is 0 Å². The summed E-state index contributed by atoms with van der Waals surface area (Å²) < 4.78 is 0. The zero-order chi connectivity index (χ0) is 9.26. The van der Waals surface area contributed by atoms with Crippen LogP contribution in [0.4, 0.5) is 0 Å². The van der Waals surface area contributed by atoms with Gasteiger partial charge in [-0.2, -0.15) is 0 Å². The van der Waals surface area contributed by atoms with E-state index in [1.54, 1.807) is 0 Å². The molecule has 1 nitrogen and oxygen atoms in total. The highest BCUT2D eigenvalue weighted by Crippen LogP contribution is 2.35. The molecule has 13 heavy (non-hydrogen) atoms. The molecular formula is C12H23N. The molecule has 2 unspecified atom stereocenters. The van der Waals surface area contributed by atoms with Crippen LogP contribution in [0.25, 0.3) is 0 Å². The van der Waals surface area contributed by atoms with Gasteiger partial charge in [0.05, 0.1) is 0 Å². The van der Waals surface area contributed by atoms with E-state index in [1.807, 2.05) is 0 Å². The Balaban J connectivity index is 2.04. The van der Waals surface area contributed by atoms with Crippen LogP contribution in [0.15, 0.2) is 0 Å². The maximum atomic E-state index is 2.67. The average molecular weight is 181 g/mol. The highest BCUT2D eigenvalue weighted by molar-refractivity contribution is 4.82. The van der Waals surface area contributed by atoms with E-state index in [0.717, 1.165) is 17.8 Å². The Hall–Kier alpha value is -0.0400. The lowest BCUT2D eigenvalue weighted by Crippen LogP contribution is -2.33. The van der Waals surface area contributed by atoms with Crippen molar-refractivity contribution in [3.8, 4) is 0 Å². The summed E-state index contributed by atoms with van der Waals surface area (Å²) in [5.74, 6) is 3.03. The summed E-state index contributed by atoms with van der Waals surface area (Å²) in [7, 11) is 0. The van der Waals surface area contributed by atoms with Gasteiger partial charge in [-0.3, -0.25) is 0 Å². The summed E-state index contributed by atoms with van der Waals surface area (Å²) in [6.45, 7) is 8.80. The molecule has 2 rings (SSSR count). The van der Waals surface area contributed by atoms with Crippen LogP contribution in [0.1, 0.15) is 39.5 Å². The van der Waals surface area contributed by atoms with Crippen molar-refractivity contribution < 1.29 is 0 Å². The Morgan fingerprint density at radius 3 is 2.08 bits per heavy atom. The lowest BCUT2D eigenvalue weighted by atomic mass is 9.91. The zero-order valence-electron chi connectivity index (χ0n) is 9.13. The number of hydrogen-bond acceptors (Lipinski definition) is 1. The molecule has 1 heterocycles. The molecule has 0 aromatic carbocycles. The largest absolute Gasteiger partial charge is 0.303 e. The van der Waals surface area contributed by atoms with E-state index in [0.29, 0.717) is 0 Å². The molecule has 0 spiro atoms. The van der Waals surface area contributed by atoms with Crippen LogP contribution in [0.2, 0.25) is 0 Å². The van der Waals surface area contributed by atoms with Gasteiger partial charge in [-0.05, 0) is 50.0 Å². The number of hydrogen-bond donors (Lipinski definition) is 0. The predicted octanol–water partition coefficient (Wildman–Crippen LogP) is 2.76. The van der Waals surface area contributed by atoms with E-state index in [1.165, 1.54) is 45.3 Å². The van der Waals surface area contributed by atoms with E-state index in [4.69, 9.17) is 0 Å². The summed E-state index contributed by atoms with van der Waals surface area (Å²) >= 11 is 0. The van der Waals surface area contributed by atoms with Crippen molar-refractivity contribution in [1.82, 2.24) is 4.90 Å². The number of likely N-dealkylation sites (tertiary alicyclic amines) is 1. The first-order valence-electron chi connectivity index (χ1n) is 6.00. The van der Waals surface area contributed by atoms with Crippen molar-refractivity contribution in [1.29, 1.82) is 0 Å². The summed E-state index contributed by atoms with van der Waals surface area (Å²) in [5.41, 5.74) is 0. The molecule has 0 N–H and O–H groups in total. The van der Waals surface area contributed by atoms with Crippen molar-refractivity contribution in [3.63, 3.8) is 0 Å². The lowest BCUT2D eigenvalue weighted by molar-refractivity contribution is 0.185. The smallest absolute Gasteiger partial charge is 0.000976 e. The fraction of sp³-hybridized carbons (Fsp3) is 1.00. The van der Waals surface area contributed by atoms with Gasteiger partial charge in [0, 0.05) is 13.1 Å². The number of nitrogens with zero attached hydrogens (tertiary/aromatic N) is 1. The van der Waals surface area contributed by atoms with Crippen molar-refractivity contribution in [2.24, 2.45) is 17.8 Å². The molecule has 1 aliphatic carbocycles. The molecule has 1 saturated carbocycles. The number of rotatable bonds is 1. The van der Waals surface area contributed by atoms with Crippen LogP contribution in [0, 0.1) is 17.8 Å². The maximum absolute atomic E-state index is 2.67. The lowest BCUT2D eigenvalue weighted by Gasteiger charge is -2.30. The minimum Gasteiger partial charge on any atom is -0.303 e. The molecule has 0 radical (unpaired) electrons. The van der Waals surface area contributed by atoms with E-state index < -0.39 is 0 Å². The zero-order valence-corrected chi connectivity index (χ0v) is 9.13. The van der Waals surface area contributed by atoms with Crippen molar-refractivity contribution >= 4 is 0 Å². The topological polar surface area (TPSA) is 3.24 Å². The molecule has 1 saturated heterocycles. The highest BCUT2D eigenvalue weighted by atomic mass is 15.1. The predicted molar refractivity (Wildman–Crippen MR) is 56.7 cm³/mol. The van der Waals surface area contributed by atoms with Gasteiger partial charge in [0.1, 0.15) is 0 Å². The molecule has 1 heteroatoms. The normalized spacial score (nSPS) is 41.5. The van der Waals surface area contributed by atoms with Crippen LogP contribution in [0.3, 0.4) is 0 Å². The molecule has 2 atom stereocenters. The molecule has 2 bridgehead atoms. The Bertz CT molecular complexity index is 151.